The van der Waals surface area contributed by atoms with Crippen LogP contribution in [0.3, 0.4) is 0 Å². The Morgan fingerprint density at radius 2 is 1.78 bits per heavy atom. The van der Waals surface area contributed by atoms with Gasteiger partial charge in [0.15, 0.2) is 6.61 Å². The molecule has 3 atom stereocenters. The maximum Gasteiger partial charge on any atom is 0.261 e. The lowest BCUT2D eigenvalue weighted by Gasteiger charge is -2.38. The van der Waals surface area contributed by atoms with E-state index in [0.717, 1.165) is 12.8 Å². The van der Waals surface area contributed by atoms with Crippen molar-refractivity contribution in [2.24, 2.45) is 5.14 Å². The summed E-state index contributed by atoms with van der Waals surface area (Å²) < 4.78 is 48.6. The Morgan fingerprint density at radius 3 is 2.41 bits per heavy atom. The van der Waals surface area contributed by atoms with Crippen molar-refractivity contribution >= 4 is 31.9 Å². The SMILES string of the molecule is NS(=O)(=O)Cc1cc(Br)ccc1OCC(=O)N1[C@@H]2CC[C@H]1CC(Oc1ccc(F)cc1)C2. The number of hydrogen-bond donors (Lipinski definition) is 1. The van der Waals surface area contributed by atoms with Crippen LogP contribution in [0.2, 0.25) is 0 Å². The molecule has 0 aliphatic carbocycles. The van der Waals surface area contributed by atoms with Gasteiger partial charge in [-0.05, 0) is 55.3 Å². The van der Waals surface area contributed by atoms with E-state index in [-0.39, 0.29) is 42.3 Å². The molecule has 0 radical (unpaired) electrons. The van der Waals surface area contributed by atoms with Gasteiger partial charge in [-0.2, -0.15) is 0 Å². The van der Waals surface area contributed by atoms with Crippen LogP contribution in [0.4, 0.5) is 4.39 Å². The number of primary sulfonamides is 1. The van der Waals surface area contributed by atoms with Crippen molar-refractivity contribution in [3.8, 4) is 11.5 Å². The van der Waals surface area contributed by atoms with Gasteiger partial charge in [-0.25, -0.2) is 17.9 Å². The molecule has 4 rings (SSSR count). The molecule has 2 aliphatic rings. The summed E-state index contributed by atoms with van der Waals surface area (Å²) in [5.41, 5.74) is 0.393. The number of amides is 1. The monoisotopic (exact) mass is 526 g/mol. The first-order chi connectivity index (χ1) is 15.2. The van der Waals surface area contributed by atoms with E-state index in [1.165, 1.54) is 12.1 Å². The zero-order chi connectivity index (χ0) is 22.9. The zero-order valence-electron chi connectivity index (χ0n) is 17.2. The molecule has 2 heterocycles. The third-order valence-corrected chi connectivity index (χ3v) is 7.03. The van der Waals surface area contributed by atoms with Crippen LogP contribution < -0.4 is 14.6 Å². The van der Waals surface area contributed by atoms with Crippen LogP contribution in [0.1, 0.15) is 31.2 Å². The van der Waals surface area contributed by atoms with Crippen LogP contribution in [-0.2, 0) is 20.6 Å². The summed E-state index contributed by atoms with van der Waals surface area (Å²) in [5, 5.41) is 5.18. The van der Waals surface area contributed by atoms with Crippen LogP contribution in [-0.4, -0.2) is 44.0 Å². The average molecular weight is 527 g/mol. The first-order valence-corrected chi connectivity index (χ1v) is 12.8. The summed E-state index contributed by atoms with van der Waals surface area (Å²) in [6, 6.07) is 11.0. The molecule has 2 aromatic carbocycles. The molecule has 7 nitrogen and oxygen atoms in total. The van der Waals surface area contributed by atoms with Crippen LogP contribution in [0.15, 0.2) is 46.9 Å². The Morgan fingerprint density at radius 1 is 1.12 bits per heavy atom. The number of benzene rings is 2. The fourth-order valence-corrected chi connectivity index (χ4v) is 5.64. The molecule has 0 saturated carbocycles. The quantitative estimate of drug-likeness (QED) is 0.596. The zero-order valence-corrected chi connectivity index (χ0v) is 19.6. The van der Waals surface area contributed by atoms with Gasteiger partial charge in [0.25, 0.3) is 5.91 Å². The number of fused-ring (bicyclic) bond motifs is 2. The second kappa shape index (κ2) is 9.36. The molecule has 0 spiro atoms. The summed E-state index contributed by atoms with van der Waals surface area (Å²) in [6.45, 7) is -0.185. The third-order valence-electron chi connectivity index (χ3n) is 5.82. The van der Waals surface area contributed by atoms with E-state index in [0.29, 0.717) is 34.4 Å². The second-order valence-corrected chi connectivity index (χ2v) is 10.7. The number of nitrogens with zero attached hydrogens (tertiary/aromatic N) is 1. The van der Waals surface area contributed by atoms with Gasteiger partial charge in [0.2, 0.25) is 10.0 Å². The summed E-state index contributed by atoms with van der Waals surface area (Å²) in [6.07, 6.45) is 3.17. The number of rotatable bonds is 7. The van der Waals surface area contributed by atoms with Gasteiger partial charge >= 0.3 is 0 Å². The van der Waals surface area contributed by atoms with E-state index < -0.39 is 10.0 Å². The fourth-order valence-electron chi connectivity index (χ4n) is 4.57. The lowest BCUT2D eigenvalue weighted by Crippen LogP contribution is -2.50. The Bertz CT molecular complexity index is 1080. The Labute approximate surface area is 194 Å². The first-order valence-electron chi connectivity index (χ1n) is 10.3. The van der Waals surface area contributed by atoms with Crippen LogP contribution in [0.5, 0.6) is 11.5 Å². The van der Waals surface area contributed by atoms with E-state index in [9.17, 15) is 17.6 Å². The highest BCUT2D eigenvalue weighted by Crippen LogP contribution is 2.37. The molecule has 10 heteroatoms. The van der Waals surface area contributed by atoms with Gasteiger partial charge in [0.05, 0.1) is 5.75 Å². The number of sulfonamides is 1. The van der Waals surface area contributed by atoms with Gasteiger partial charge in [-0.3, -0.25) is 4.79 Å². The fraction of sp³-hybridized carbons (Fsp3) is 0.409. The van der Waals surface area contributed by atoms with E-state index in [1.54, 1.807) is 30.3 Å². The molecule has 1 amide bonds. The van der Waals surface area contributed by atoms with Crippen LogP contribution in [0, 0.1) is 5.82 Å². The van der Waals surface area contributed by atoms with Gasteiger partial charge in [0.1, 0.15) is 23.4 Å². The van der Waals surface area contributed by atoms with Crippen LogP contribution >= 0.6 is 15.9 Å². The smallest absolute Gasteiger partial charge is 0.261 e. The summed E-state index contributed by atoms with van der Waals surface area (Å²) >= 11 is 3.31. The summed E-state index contributed by atoms with van der Waals surface area (Å²) in [5.74, 6) is 0.111. The number of hydrogen-bond acceptors (Lipinski definition) is 5. The number of ether oxygens (including phenoxy) is 2. The van der Waals surface area contributed by atoms with Crippen molar-refractivity contribution in [2.75, 3.05) is 6.61 Å². The molecule has 172 valence electrons. The third kappa shape index (κ3) is 5.60. The van der Waals surface area contributed by atoms with Gasteiger partial charge in [-0.1, -0.05) is 15.9 Å². The van der Waals surface area contributed by atoms with Crippen molar-refractivity contribution in [1.29, 1.82) is 0 Å². The largest absolute Gasteiger partial charge is 0.490 e. The van der Waals surface area contributed by atoms with Crippen molar-refractivity contribution < 1.29 is 27.1 Å². The number of nitrogens with two attached hydrogens (primary N) is 1. The molecule has 0 aromatic heterocycles. The molecule has 2 aliphatic heterocycles. The van der Waals surface area contributed by atoms with Gasteiger partial charge in [-0.15, -0.1) is 0 Å². The molecule has 2 N–H and O–H groups in total. The van der Waals surface area contributed by atoms with E-state index in [1.807, 2.05) is 4.90 Å². The number of piperidine rings is 1. The lowest BCUT2D eigenvalue weighted by atomic mass is 9.99. The number of halogens is 2. The minimum atomic E-state index is -3.75. The van der Waals surface area contributed by atoms with Crippen molar-refractivity contribution in [1.82, 2.24) is 4.90 Å². The Kier molecular flexibility index (Phi) is 6.73. The second-order valence-electron chi connectivity index (χ2n) is 8.20. The Hall–Kier alpha value is -2.17. The highest BCUT2D eigenvalue weighted by Gasteiger charge is 2.44. The topological polar surface area (TPSA) is 98.9 Å². The van der Waals surface area contributed by atoms with Gasteiger partial charge < -0.3 is 14.4 Å². The molecule has 2 fully saturated rings. The molecule has 2 bridgehead atoms. The highest BCUT2D eigenvalue weighted by molar-refractivity contribution is 9.10. The standard InChI is InChI=1S/C22H24BrFN2O5S/c23-15-1-8-21(14(9-15)13-32(25,28)29)30-12-22(27)26-17-4-5-18(26)11-20(10-17)31-19-6-2-16(24)3-7-19/h1-3,6-9,17-18,20H,4-5,10-13H2,(H2,25,28,29)/t17-,18+,20?. The minimum Gasteiger partial charge on any atom is -0.490 e. The summed E-state index contributed by atoms with van der Waals surface area (Å²) in [4.78, 5) is 14.8. The number of carbonyl (C=O) groups excluding carboxylic acids is 1. The maximum absolute atomic E-state index is 13.1. The molecular formula is C22H24BrFN2O5S. The van der Waals surface area contributed by atoms with E-state index >= 15 is 0 Å². The lowest BCUT2D eigenvalue weighted by molar-refractivity contribution is -0.139. The predicted octanol–water partition coefficient (Wildman–Crippen LogP) is 3.36. The van der Waals surface area contributed by atoms with Crippen molar-refractivity contribution in [2.45, 2.75) is 49.6 Å². The van der Waals surface area contributed by atoms with Crippen molar-refractivity contribution in [3.05, 3.63) is 58.3 Å². The van der Waals surface area contributed by atoms with E-state index in [2.05, 4.69) is 15.9 Å². The van der Waals surface area contributed by atoms with E-state index in [4.69, 9.17) is 14.6 Å². The molecule has 1 unspecified atom stereocenters. The molecule has 2 aromatic rings. The van der Waals surface area contributed by atoms with Gasteiger partial charge in [0, 0.05) is 35.0 Å². The Balaban J connectivity index is 1.38. The molecule has 32 heavy (non-hydrogen) atoms. The average Bonchev–Trinajstić information content (AvgIpc) is 2.98. The maximum atomic E-state index is 13.1. The number of carbonyl (C=O) groups is 1. The van der Waals surface area contributed by atoms with Crippen molar-refractivity contribution in [3.63, 3.8) is 0 Å². The summed E-state index contributed by atoms with van der Waals surface area (Å²) in [7, 11) is -3.75. The predicted molar refractivity (Wildman–Crippen MR) is 120 cm³/mol. The molecule has 2 saturated heterocycles. The minimum absolute atomic E-state index is 0.0317. The van der Waals surface area contributed by atoms with Crippen LogP contribution in [0.25, 0.3) is 0 Å². The molecular weight excluding hydrogens is 503 g/mol. The normalized spacial score (nSPS) is 22.6. The first kappa shape index (κ1) is 23.0. The highest BCUT2D eigenvalue weighted by atomic mass is 79.9.